The van der Waals surface area contributed by atoms with E-state index in [-0.39, 0.29) is 30.1 Å². The Balaban J connectivity index is 1.37. The molecule has 5 nitrogen and oxygen atoms in total. The Hall–Kier alpha value is -2.44. The quantitative estimate of drug-likeness (QED) is 0.771. The maximum Gasteiger partial charge on any atom is 0.292 e. The number of likely N-dealkylation sites (tertiary alicyclic amines) is 1. The SMILES string of the molecule is O=C1C[C@H]([NH+]2CCC(Nc3ccc(Cl)cc3)CC2)C(=O)N1c1ccc(F)cc1. The second-order valence-corrected chi connectivity index (χ2v) is 7.82. The van der Waals surface area contributed by atoms with Crippen molar-refractivity contribution < 1.29 is 18.9 Å². The van der Waals surface area contributed by atoms with Crippen LogP contribution < -0.4 is 15.1 Å². The fourth-order valence-electron chi connectivity index (χ4n) is 4.08. The van der Waals surface area contributed by atoms with E-state index < -0.39 is 0 Å². The van der Waals surface area contributed by atoms with Gasteiger partial charge in [0.2, 0.25) is 5.91 Å². The Bertz CT molecular complexity index is 864. The lowest BCUT2D eigenvalue weighted by Gasteiger charge is -2.32. The third-order valence-corrected chi connectivity index (χ3v) is 5.82. The summed E-state index contributed by atoms with van der Waals surface area (Å²) >= 11 is 5.92. The van der Waals surface area contributed by atoms with Gasteiger partial charge in [-0.3, -0.25) is 9.59 Å². The smallest absolute Gasteiger partial charge is 0.292 e. The highest BCUT2D eigenvalue weighted by Gasteiger charge is 2.46. The molecule has 0 radical (unpaired) electrons. The van der Waals surface area contributed by atoms with E-state index in [9.17, 15) is 14.0 Å². The average Bonchev–Trinajstić information content (AvgIpc) is 2.99. The Kier molecular flexibility index (Phi) is 5.33. The summed E-state index contributed by atoms with van der Waals surface area (Å²) in [7, 11) is 0. The van der Waals surface area contributed by atoms with Crippen LogP contribution in [-0.4, -0.2) is 37.0 Å². The van der Waals surface area contributed by atoms with Gasteiger partial charge in [-0.1, -0.05) is 11.6 Å². The highest BCUT2D eigenvalue weighted by atomic mass is 35.5. The number of benzene rings is 2. The number of nitrogens with one attached hydrogen (secondary N) is 2. The van der Waals surface area contributed by atoms with Gasteiger partial charge in [-0.2, -0.15) is 0 Å². The molecule has 1 atom stereocenters. The van der Waals surface area contributed by atoms with Gasteiger partial charge in [0.1, 0.15) is 5.82 Å². The van der Waals surface area contributed by atoms with Crippen molar-refractivity contribution in [2.24, 2.45) is 0 Å². The number of carbonyl (C=O) groups excluding carboxylic acids is 2. The van der Waals surface area contributed by atoms with Gasteiger partial charge in [-0.15, -0.1) is 0 Å². The molecular weight excluding hydrogens is 381 g/mol. The Labute approximate surface area is 168 Å². The summed E-state index contributed by atoms with van der Waals surface area (Å²) in [5.41, 5.74) is 1.48. The minimum Gasteiger partial charge on any atom is -0.382 e. The van der Waals surface area contributed by atoms with Crippen LogP contribution in [0.25, 0.3) is 0 Å². The fraction of sp³-hybridized carbons (Fsp3) is 0.333. The molecule has 146 valence electrons. The van der Waals surface area contributed by atoms with Crippen LogP contribution >= 0.6 is 11.6 Å². The van der Waals surface area contributed by atoms with Gasteiger partial charge in [0.15, 0.2) is 6.04 Å². The Morgan fingerprint density at radius 2 is 1.64 bits per heavy atom. The monoisotopic (exact) mass is 402 g/mol. The molecule has 2 amide bonds. The van der Waals surface area contributed by atoms with Crippen molar-refractivity contribution in [2.45, 2.75) is 31.3 Å². The molecule has 28 heavy (non-hydrogen) atoms. The molecule has 2 fully saturated rings. The Morgan fingerprint density at radius 1 is 1.00 bits per heavy atom. The molecule has 2 aliphatic rings. The van der Waals surface area contributed by atoms with Crippen molar-refractivity contribution in [1.82, 2.24) is 0 Å². The van der Waals surface area contributed by atoms with Gasteiger partial charge in [0.25, 0.3) is 5.91 Å². The predicted molar refractivity (Wildman–Crippen MR) is 106 cm³/mol. The highest BCUT2D eigenvalue weighted by molar-refractivity contribution is 6.30. The first-order valence-electron chi connectivity index (χ1n) is 9.50. The fourth-order valence-corrected chi connectivity index (χ4v) is 4.20. The summed E-state index contributed by atoms with van der Waals surface area (Å²) in [5.74, 6) is -0.786. The molecule has 0 aliphatic carbocycles. The van der Waals surface area contributed by atoms with Crippen LogP contribution in [0.15, 0.2) is 48.5 Å². The molecule has 2 N–H and O–H groups in total. The van der Waals surface area contributed by atoms with Crippen molar-refractivity contribution >= 4 is 34.8 Å². The standard InChI is InChI=1S/C21H21ClFN3O2/c22-14-1-5-16(6-2-14)24-17-9-11-25(12-10-17)19-13-20(27)26(21(19)28)18-7-3-15(23)4-8-18/h1-8,17,19,24H,9-13H2/p+1/t19-/m0/s1. The summed E-state index contributed by atoms with van der Waals surface area (Å²) in [6, 6.07) is 13.1. The molecule has 2 heterocycles. The summed E-state index contributed by atoms with van der Waals surface area (Å²) in [4.78, 5) is 27.7. The zero-order chi connectivity index (χ0) is 19.7. The van der Waals surface area contributed by atoms with Gasteiger partial charge in [-0.05, 0) is 48.5 Å². The number of hydrogen-bond donors (Lipinski definition) is 2. The number of piperidine rings is 1. The van der Waals surface area contributed by atoms with Crippen molar-refractivity contribution in [2.75, 3.05) is 23.3 Å². The highest BCUT2D eigenvalue weighted by Crippen LogP contribution is 2.23. The van der Waals surface area contributed by atoms with Crippen LogP contribution in [0.2, 0.25) is 5.02 Å². The molecule has 0 saturated carbocycles. The van der Waals surface area contributed by atoms with E-state index in [0.717, 1.165) is 36.5 Å². The van der Waals surface area contributed by atoms with Crippen LogP contribution in [0.5, 0.6) is 0 Å². The van der Waals surface area contributed by atoms with Gasteiger partial charge in [0.05, 0.1) is 25.2 Å². The van der Waals surface area contributed by atoms with Crippen LogP contribution in [0, 0.1) is 5.82 Å². The maximum absolute atomic E-state index is 13.1. The van der Waals surface area contributed by atoms with E-state index in [2.05, 4.69) is 5.32 Å². The number of amides is 2. The zero-order valence-electron chi connectivity index (χ0n) is 15.3. The molecule has 2 aliphatic heterocycles. The van der Waals surface area contributed by atoms with E-state index in [1.165, 1.54) is 29.2 Å². The van der Waals surface area contributed by atoms with Crippen molar-refractivity contribution in [1.29, 1.82) is 0 Å². The second-order valence-electron chi connectivity index (χ2n) is 7.38. The third kappa shape index (κ3) is 3.88. The van der Waals surface area contributed by atoms with E-state index in [1.54, 1.807) is 0 Å². The first kappa shape index (κ1) is 18.9. The molecule has 0 spiro atoms. The van der Waals surface area contributed by atoms with Crippen LogP contribution in [0.1, 0.15) is 19.3 Å². The van der Waals surface area contributed by atoms with E-state index in [4.69, 9.17) is 11.6 Å². The van der Waals surface area contributed by atoms with Crippen molar-refractivity contribution in [3.05, 3.63) is 59.4 Å². The molecule has 2 aromatic rings. The number of quaternary nitrogens is 1. The summed E-state index contributed by atoms with van der Waals surface area (Å²) < 4.78 is 13.1. The van der Waals surface area contributed by atoms with Crippen LogP contribution in [-0.2, 0) is 9.59 Å². The largest absolute Gasteiger partial charge is 0.382 e. The average molecular weight is 403 g/mol. The summed E-state index contributed by atoms with van der Waals surface area (Å²) in [6.45, 7) is 1.65. The molecule has 2 saturated heterocycles. The molecule has 2 aromatic carbocycles. The van der Waals surface area contributed by atoms with Gasteiger partial charge >= 0.3 is 0 Å². The van der Waals surface area contributed by atoms with Crippen LogP contribution in [0.3, 0.4) is 0 Å². The van der Waals surface area contributed by atoms with E-state index in [0.29, 0.717) is 16.8 Å². The normalized spacial score (nSPS) is 25.2. The molecule has 0 bridgehead atoms. The molecule has 7 heteroatoms. The third-order valence-electron chi connectivity index (χ3n) is 5.57. The summed E-state index contributed by atoms with van der Waals surface area (Å²) in [6.07, 6.45) is 2.06. The number of carbonyl (C=O) groups is 2. The number of rotatable bonds is 4. The number of hydrogen-bond acceptors (Lipinski definition) is 3. The topological polar surface area (TPSA) is 53.9 Å². The number of imide groups is 1. The number of anilines is 2. The maximum atomic E-state index is 13.1. The van der Waals surface area contributed by atoms with Gasteiger partial charge in [-0.25, -0.2) is 9.29 Å². The van der Waals surface area contributed by atoms with Gasteiger partial charge < -0.3 is 10.2 Å². The van der Waals surface area contributed by atoms with Crippen molar-refractivity contribution in [3.8, 4) is 0 Å². The van der Waals surface area contributed by atoms with E-state index >= 15 is 0 Å². The zero-order valence-corrected chi connectivity index (χ0v) is 16.1. The molecule has 0 aromatic heterocycles. The summed E-state index contributed by atoms with van der Waals surface area (Å²) in [5, 5.41) is 4.22. The Morgan fingerprint density at radius 3 is 2.29 bits per heavy atom. The first-order chi connectivity index (χ1) is 13.5. The first-order valence-corrected chi connectivity index (χ1v) is 9.88. The molecule has 0 unspecified atom stereocenters. The molecule has 4 rings (SSSR count). The predicted octanol–water partition coefficient (Wildman–Crippen LogP) is 2.27. The van der Waals surface area contributed by atoms with E-state index in [1.807, 2.05) is 24.3 Å². The minimum absolute atomic E-state index is 0.185. The van der Waals surface area contributed by atoms with Crippen molar-refractivity contribution in [3.63, 3.8) is 0 Å². The van der Waals surface area contributed by atoms with Crippen LogP contribution in [0.4, 0.5) is 15.8 Å². The lowest BCUT2D eigenvalue weighted by Crippen LogP contribution is -3.17. The molecular formula is C21H22ClFN3O2+. The lowest BCUT2D eigenvalue weighted by atomic mass is 10.0. The number of nitrogens with zero attached hydrogens (tertiary/aromatic N) is 1. The lowest BCUT2D eigenvalue weighted by molar-refractivity contribution is -0.919. The van der Waals surface area contributed by atoms with Gasteiger partial charge in [0, 0.05) is 29.6 Å². The minimum atomic E-state index is -0.389. The second kappa shape index (κ2) is 7.89. The number of halogens is 2.